The van der Waals surface area contributed by atoms with Gasteiger partial charge in [-0.1, -0.05) is 13.3 Å². The van der Waals surface area contributed by atoms with Crippen molar-refractivity contribution in [2.75, 3.05) is 26.7 Å². The zero-order valence-electron chi connectivity index (χ0n) is 13.1. The number of amides is 1. The first-order chi connectivity index (χ1) is 8.91. The summed E-state index contributed by atoms with van der Waals surface area (Å²) < 4.78 is 0. The third-order valence-electron chi connectivity index (χ3n) is 4.05. The van der Waals surface area contributed by atoms with E-state index in [0.29, 0.717) is 11.9 Å². The van der Waals surface area contributed by atoms with Gasteiger partial charge in [-0.2, -0.15) is 0 Å². The normalized spacial score (nSPS) is 24.9. The molecule has 1 aliphatic rings. The van der Waals surface area contributed by atoms with Crippen LogP contribution in [0.4, 0.5) is 0 Å². The van der Waals surface area contributed by atoms with Crippen molar-refractivity contribution in [3.63, 3.8) is 0 Å². The highest BCUT2D eigenvalue weighted by atomic mass is 16.2. The third-order valence-corrected chi connectivity index (χ3v) is 4.05. The summed E-state index contributed by atoms with van der Waals surface area (Å²) in [5, 5.41) is 0. The lowest BCUT2D eigenvalue weighted by Crippen LogP contribution is -2.44. The highest BCUT2D eigenvalue weighted by molar-refractivity contribution is 5.78. The third kappa shape index (κ3) is 5.49. The zero-order valence-corrected chi connectivity index (χ0v) is 13.1. The second-order valence-electron chi connectivity index (χ2n) is 6.31. The van der Waals surface area contributed by atoms with Gasteiger partial charge in [0.2, 0.25) is 5.91 Å². The molecule has 0 aliphatic carbocycles. The first-order valence-corrected chi connectivity index (χ1v) is 7.66. The van der Waals surface area contributed by atoms with Crippen molar-refractivity contribution in [1.82, 2.24) is 9.80 Å². The minimum Gasteiger partial charge on any atom is -0.338 e. The molecule has 1 fully saturated rings. The monoisotopic (exact) mass is 269 g/mol. The fourth-order valence-corrected chi connectivity index (χ4v) is 2.85. The van der Waals surface area contributed by atoms with E-state index in [0.717, 1.165) is 45.3 Å². The van der Waals surface area contributed by atoms with Crippen molar-refractivity contribution >= 4 is 5.91 Å². The van der Waals surface area contributed by atoms with Crippen molar-refractivity contribution in [3.8, 4) is 0 Å². The molecule has 1 saturated heterocycles. The van der Waals surface area contributed by atoms with Gasteiger partial charge in [0.25, 0.3) is 0 Å². The summed E-state index contributed by atoms with van der Waals surface area (Å²) in [5.41, 5.74) is 5.75. The highest BCUT2D eigenvalue weighted by Gasteiger charge is 2.27. The van der Waals surface area contributed by atoms with Crippen LogP contribution in [0.1, 0.15) is 46.5 Å². The Balaban J connectivity index is 2.45. The molecule has 4 heteroatoms. The number of rotatable bonds is 5. The van der Waals surface area contributed by atoms with E-state index in [1.54, 1.807) is 0 Å². The van der Waals surface area contributed by atoms with E-state index in [-0.39, 0.29) is 12.0 Å². The van der Waals surface area contributed by atoms with Crippen molar-refractivity contribution in [1.29, 1.82) is 0 Å². The summed E-state index contributed by atoms with van der Waals surface area (Å²) in [6.45, 7) is 9.23. The van der Waals surface area contributed by atoms with Gasteiger partial charge in [0.1, 0.15) is 0 Å². The Morgan fingerprint density at radius 3 is 2.63 bits per heavy atom. The van der Waals surface area contributed by atoms with E-state index in [1.165, 1.54) is 0 Å². The minimum absolute atomic E-state index is 0.129. The zero-order chi connectivity index (χ0) is 14.4. The van der Waals surface area contributed by atoms with Crippen LogP contribution >= 0.6 is 0 Å². The predicted octanol–water partition coefficient (Wildman–Crippen LogP) is 1.69. The Labute approximate surface area is 118 Å². The van der Waals surface area contributed by atoms with Gasteiger partial charge in [-0.05, 0) is 46.7 Å². The van der Waals surface area contributed by atoms with Crippen LogP contribution in [0.2, 0.25) is 0 Å². The average molecular weight is 269 g/mol. The molecule has 3 unspecified atom stereocenters. The molecule has 0 aromatic heterocycles. The molecule has 112 valence electrons. The maximum absolute atomic E-state index is 12.5. The quantitative estimate of drug-likeness (QED) is 0.826. The lowest BCUT2D eigenvalue weighted by atomic mass is 10.00. The van der Waals surface area contributed by atoms with Gasteiger partial charge in [-0.3, -0.25) is 4.79 Å². The standard InChI is InChI=1S/C15H31N3O/c1-12(7-5-8-13(2)16)15(19)18-10-6-9-17(4)11-14(18)3/h12-14H,5-11,16H2,1-4H3. The van der Waals surface area contributed by atoms with Crippen molar-refractivity contribution in [2.24, 2.45) is 11.7 Å². The first-order valence-electron chi connectivity index (χ1n) is 7.66. The Morgan fingerprint density at radius 2 is 2.00 bits per heavy atom. The summed E-state index contributed by atoms with van der Waals surface area (Å²) in [7, 11) is 2.14. The minimum atomic E-state index is 0.129. The van der Waals surface area contributed by atoms with Gasteiger partial charge in [-0.15, -0.1) is 0 Å². The topological polar surface area (TPSA) is 49.6 Å². The van der Waals surface area contributed by atoms with Crippen LogP contribution in [0.15, 0.2) is 0 Å². The van der Waals surface area contributed by atoms with E-state index in [1.807, 2.05) is 6.92 Å². The van der Waals surface area contributed by atoms with Gasteiger partial charge in [0.05, 0.1) is 0 Å². The van der Waals surface area contributed by atoms with Crippen LogP contribution in [-0.2, 0) is 4.79 Å². The molecule has 0 radical (unpaired) electrons. The molecular formula is C15H31N3O. The molecule has 1 rings (SSSR count). The van der Waals surface area contributed by atoms with Crippen molar-refractivity contribution in [3.05, 3.63) is 0 Å². The lowest BCUT2D eigenvalue weighted by molar-refractivity contribution is -0.137. The molecule has 4 nitrogen and oxygen atoms in total. The Kier molecular flexibility index (Phi) is 6.80. The number of carbonyl (C=O) groups excluding carboxylic acids is 1. The molecule has 0 aromatic rings. The largest absolute Gasteiger partial charge is 0.338 e. The summed E-state index contributed by atoms with van der Waals surface area (Å²) >= 11 is 0. The molecule has 19 heavy (non-hydrogen) atoms. The number of hydrogen-bond donors (Lipinski definition) is 1. The predicted molar refractivity (Wildman–Crippen MR) is 80.0 cm³/mol. The second-order valence-corrected chi connectivity index (χ2v) is 6.31. The number of likely N-dealkylation sites (N-methyl/N-ethyl adjacent to an activating group) is 1. The van der Waals surface area contributed by atoms with Gasteiger partial charge >= 0.3 is 0 Å². The lowest BCUT2D eigenvalue weighted by Gasteiger charge is -2.30. The number of hydrogen-bond acceptors (Lipinski definition) is 3. The SMILES string of the molecule is CC(N)CCCC(C)C(=O)N1CCCN(C)CC1C. The van der Waals surface area contributed by atoms with Crippen LogP contribution in [0.5, 0.6) is 0 Å². The maximum Gasteiger partial charge on any atom is 0.225 e. The van der Waals surface area contributed by atoms with E-state index in [9.17, 15) is 4.79 Å². The van der Waals surface area contributed by atoms with Crippen LogP contribution in [0, 0.1) is 5.92 Å². The molecule has 0 bridgehead atoms. The van der Waals surface area contributed by atoms with Crippen molar-refractivity contribution < 1.29 is 4.79 Å². The van der Waals surface area contributed by atoms with Gasteiger partial charge in [-0.25, -0.2) is 0 Å². The summed E-state index contributed by atoms with van der Waals surface area (Å²) in [5.74, 6) is 0.456. The van der Waals surface area contributed by atoms with Crippen LogP contribution in [-0.4, -0.2) is 54.5 Å². The Morgan fingerprint density at radius 1 is 1.32 bits per heavy atom. The summed E-state index contributed by atoms with van der Waals surface area (Å²) in [6, 6.07) is 0.573. The van der Waals surface area contributed by atoms with Crippen LogP contribution in [0.3, 0.4) is 0 Å². The number of nitrogens with two attached hydrogens (primary N) is 1. The molecule has 0 spiro atoms. The fourth-order valence-electron chi connectivity index (χ4n) is 2.85. The molecular weight excluding hydrogens is 238 g/mol. The molecule has 2 N–H and O–H groups in total. The molecule has 0 saturated carbocycles. The van der Waals surface area contributed by atoms with Gasteiger partial charge < -0.3 is 15.5 Å². The number of carbonyl (C=O) groups is 1. The second kappa shape index (κ2) is 7.85. The smallest absolute Gasteiger partial charge is 0.225 e. The summed E-state index contributed by atoms with van der Waals surface area (Å²) in [6.07, 6.45) is 4.10. The maximum atomic E-state index is 12.5. The van der Waals surface area contributed by atoms with Crippen LogP contribution < -0.4 is 5.73 Å². The molecule has 0 aromatic carbocycles. The van der Waals surface area contributed by atoms with E-state index >= 15 is 0 Å². The van der Waals surface area contributed by atoms with Crippen LogP contribution in [0.25, 0.3) is 0 Å². The Hall–Kier alpha value is -0.610. The fraction of sp³-hybridized carbons (Fsp3) is 0.933. The van der Waals surface area contributed by atoms with Crippen molar-refractivity contribution in [2.45, 2.75) is 58.5 Å². The average Bonchev–Trinajstić information content (AvgIpc) is 2.48. The van der Waals surface area contributed by atoms with E-state index < -0.39 is 0 Å². The molecule has 1 heterocycles. The number of nitrogens with zero attached hydrogens (tertiary/aromatic N) is 2. The summed E-state index contributed by atoms with van der Waals surface area (Å²) in [4.78, 5) is 16.9. The Bertz CT molecular complexity index is 281. The van der Waals surface area contributed by atoms with E-state index in [4.69, 9.17) is 5.73 Å². The first kappa shape index (κ1) is 16.4. The van der Waals surface area contributed by atoms with Gasteiger partial charge in [0.15, 0.2) is 0 Å². The molecule has 1 aliphatic heterocycles. The molecule has 3 atom stereocenters. The van der Waals surface area contributed by atoms with E-state index in [2.05, 4.69) is 30.7 Å². The molecule has 1 amide bonds. The highest BCUT2D eigenvalue weighted by Crippen LogP contribution is 2.17. The van der Waals surface area contributed by atoms with Gasteiger partial charge in [0, 0.05) is 31.1 Å².